The van der Waals surface area contributed by atoms with Crippen LogP contribution in [0, 0.1) is 18.3 Å². The van der Waals surface area contributed by atoms with Gasteiger partial charge in [0.25, 0.3) is 0 Å². The molecule has 1 aliphatic rings. The van der Waals surface area contributed by atoms with Gasteiger partial charge in [0, 0.05) is 33.1 Å². The molecule has 7 nitrogen and oxygen atoms in total. The Morgan fingerprint density at radius 3 is 2.29 bits per heavy atom. The van der Waals surface area contributed by atoms with Crippen LogP contribution in [0.25, 0.3) is 0 Å². The maximum Gasteiger partial charge on any atom is 0.323 e. The molecule has 0 bridgehead atoms. The Hall–Kier alpha value is -2.23. The minimum Gasteiger partial charge on any atom is -0.480 e. The predicted octanol–water partition coefficient (Wildman–Crippen LogP) is -0.0736. The lowest BCUT2D eigenvalue weighted by Crippen LogP contribution is -2.48. The van der Waals surface area contributed by atoms with Crippen LogP contribution in [0.1, 0.15) is 12.8 Å². The predicted molar refractivity (Wildman–Crippen MR) is 76.4 cm³/mol. The quantitative estimate of drug-likeness (QED) is 0.736. The molecule has 0 aromatic heterocycles. The molecule has 0 aliphatic carbocycles. The van der Waals surface area contributed by atoms with Crippen molar-refractivity contribution in [2.24, 2.45) is 5.92 Å². The van der Waals surface area contributed by atoms with Crippen molar-refractivity contribution in [3.05, 3.63) is 0 Å². The SMILES string of the molecule is C#CCN(CC(=O)O)C(=O)C1CCN(C(=O)N(C)C)CC1. The first kappa shape index (κ1) is 16.8. The average Bonchev–Trinajstić information content (AvgIpc) is 2.45. The first-order chi connectivity index (χ1) is 9.86. The van der Waals surface area contributed by atoms with Gasteiger partial charge in [0.15, 0.2) is 0 Å². The number of likely N-dealkylation sites (tertiary alicyclic amines) is 1. The molecule has 0 unspecified atom stereocenters. The molecule has 0 spiro atoms. The summed E-state index contributed by atoms with van der Waals surface area (Å²) in [6, 6.07) is -0.0769. The molecule has 1 N–H and O–H groups in total. The Bertz CT molecular complexity index is 448. The van der Waals surface area contributed by atoms with Crippen molar-refractivity contribution in [1.82, 2.24) is 14.7 Å². The van der Waals surface area contributed by atoms with Gasteiger partial charge in [0.1, 0.15) is 6.54 Å². The van der Waals surface area contributed by atoms with Crippen molar-refractivity contribution in [3.63, 3.8) is 0 Å². The second-order valence-electron chi connectivity index (χ2n) is 5.23. The largest absolute Gasteiger partial charge is 0.480 e. The molecule has 0 aromatic rings. The smallest absolute Gasteiger partial charge is 0.323 e. The minimum absolute atomic E-state index is 0.0119. The van der Waals surface area contributed by atoms with Crippen LogP contribution in [0.3, 0.4) is 0 Å². The number of aliphatic carboxylic acids is 1. The number of amides is 3. The Balaban J connectivity index is 2.59. The summed E-state index contributed by atoms with van der Waals surface area (Å²) in [6.07, 6.45) is 6.23. The van der Waals surface area contributed by atoms with E-state index in [0.717, 1.165) is 0 Å². The number of urea groups is 1. The van der Waals surface area contributed by atoms with Crippen LogP contribution in [0.2, 0.25) is 0 Å². The first-order valence-electron chi connectivity index (χ1n) is 6.77. The molecule has 0 atom stereocenters. The van der Waals surface area contributed by atoms with Crippen molar-refractivity contribution in [2.75, 3.05) is 40.3 Å². The van der Waals surface area contributed by atoms with Gasteiger partial charge in [-0.15, -0.1) is 6.42 Å². The zero-order valence-corrected chi connectivity index (χ0v) is 12.4. The Labute approximate surface area is 124 Å². The Kier molecular flexibility index (Phi) is 6.03. The monoisotopic (exact) mass is 295 g/mol. The van der Waals surface area contributed by atoms with Crippen LogP contribution < -0.4 is 0 Å². The Morgan fingerprint density at radius 2 is 1.86 bits per heavy atom. The molecule has 1 rings (SSSR count). The molecule has 1 fully saturated rings. The molecule has 116 valence electrons. The highest BCUT2D eigenvalue weighted by atomic mass is 16.4. The van der Waals surface area contributed by atoms with E-state index in [0.29, 0.717) is 25.9 Å². The topological polar surface area (TPSA) is 81.2 Å². The van der Waals surface area contributed by atoms with E-state index in [1.165, 1.54) is 9.80 Å². The number of hydrogen-bond donors (Lipinski definition) is 1. The Morgan fingerprint density at radius 1 is 1.29 bits per heavy atom. The van der Waals surface area contributed by atoms with E-state index >= 15 is 0 Å². The van der Waals surface area contributed by atoms with E-state index in [-0.39, 0.29) is 30.9 Å². The third-order valence-electron chi connectivity index (χ3n) is 3.42. The van der Waals surface area contributed by atoms with Crippen molar-refractivity contribution in [2.45, 2.75) is 12.8 Å². The van der Waals surface area contributed by atoms with Crippen LogP contribution in [-0.2, 0) is 9.59 Å². The maximum absolute atomic E-state index is 12.3. The summed E-state index contributed by atoms with van der Waals surface area (Å²) in [7, 11) is 3.36. The second-order valence-corrected chi connectivity index (χ2v) is 5.23. The van der Waals surface area contributed by atoms with Gasteiger partial charge in [-0.1, -0.05) is 5.92 Å². The van der Waals surface area contributed by atoms with Gasteiger partial charge in [-0.2, -0.15) is 0 Å². The lowest BCUT2D eigenvalue weighted by Gasteiger charge is -2.34. The van der Waals surface area contributed by atoms with E-state index in [1.54, 1.807) is 19.0 Å². The zero-order valence-electron chi connectivity index (χ0n) is 12.4. The molecule has 1 heterocycles. The highest BCUT2D eigenvalue weighted by Gasteiger charge is 2.31. The number of nitrogens with zero attached hydrogens (tertiary/aromatic N) is 3. The van der Waals surface area contributed by atoms with E-state index in [1.807, 2.05) is 0 Å². The number of carboxylic acid groups (broad SMARTS) is 1. The minimum atomic E-state index is -1.08. The molecule has 0 saturated carbocycles. The van der Waals surface area contributed by atoms with Gasteiger partial charge >= 0.3 is 12.0 Å². The summed E-state index contributed by atoms with van der Waals surface area (Å²) in [5.74, 6) is 0.704. The molecule has 21 heavy (non-hydrogen) atoms. The molecule has 7 heteroatoms. The van der Waals surface area contributed by atoms with Gasteiger partial charge in [0.05, 0.1) is 6.54 Å². The van der Waals surface area contributed by atoms with Crippen molar-refractivity contribution in [3.8, 4) is 12.3 Å². The van der Waals surface area contributed by atoms with Crippen LogP contribution >= 0.6 is 0 Å². The fourth-order valence-corrected chi connectivity index (χ4v) is 2.34. The fraction of sp³-hybridized carbons (Fsp3) is 0.643. The molecule has 0 radical (unpaired) electrons. The standard InChI is InChI=1S/C14H21N3O4/c1-4-7-17(10-12(18)19)13(20)11-5-8-16(9-6-11)14(21)15(2)3/h1,11H,5-10H2,2-3H3,(H,18,19). The van der Waals surface area contributed by atoms with Gasteiger partial charge in [-0.05, 0) is 12.8 Å². The van der Waals surface area contributed by atoms with Gasteiger partial charge in [-0.3, -0.25) is 9.59 Å². The van der Waals surface area contributed by atoms with Gasteiger partial charge in [0.2, 0.25) is 5.91 Å². The van der Waals surface area contributed by atoms with Crippen LogP contribution in [0.5, 0.6) is 0 Å². The van der Waals surface area contributed by atoms with Crippen LogP contribution in [0.4, 0.5) is 4.79 Å². The molecular formula is C14H21N3O4. The summed E-state index contributed by atoms with van der Waals surface area (Å²) < 4.78 is 0. The van der Waals surface area contributed by atoms with E-state index < -0.39 is 5.97 Å². The molecule has 3 amide bonds. The lowest BCUT2D eigenvalue weighted by atomic mass is 9.95. The van der Waals surface area contributed by atoms with Crippen molar-refractivity contribution in [1.29, 1.82) is 0 Å². The highest BCUT2D eigenvalue weighted by molar-refractivity contribution is 5.83. The zero-order chi connectivity index (χ0) is 16.0. The van der Waals surface area contributed by atoms with E-state index in [4.69, 9.17) is 11.5 Å². The third kappa shape index (κ3) is 4.67. The first-order valence-corrected chi connectivity index (χ1v) is 6.77. The molecule has 0 aromatic carbocycles. The number of piperidine rings is 1. The molecule has 1 saturated heterocycles. The number of terminal acetylenes is 1. The summed E-state index contributed by atoms with van der Waals surface area (Å²) >= 11 is 0. The fourth-order valence-electron chi connectivity index (χ4n) is 2.34. The molecule has 1 aliphatic heterocycles. The van der Waals surface area contributed by atoms with Gasteiger partial charge in [-0.25, -0.2) is 4.79 Å². The normalized spacial score (nSPS) is 15.2. The van der Waals surface area contributed by atoms with Gasteiger partial charge < -0.3 is 19.8 Å². The third-order valence-corrected chi connectivity index (χ3v) is 3.42. The summed E-state index contributed by atoms with van der Waals surface area (Å²) in [5, 5.41) is 8.81. The highest BCUT2D eigenvalue weighted by Crippen LogP contribution is 2.20. The number of carbonyl (C=O) groups is 3. The van der Waals surface area contributed by atoms with E-state index in [9.17, 15) is 14.4 Å². The lowest BCUT2D eigenvalue weighted by molar-refractivity contribution is -0.146. The second kappa shape index (κ2) is 7.53. The summed E-state index contributed by atoms with van der Waals surface area (Å²) in [4.78, 5) is 39.2. The van der Waals surface area contributed by atoms with Crippen LogP contribution in [0.15, 0.2) is 0 Å². The average molecular weight is 295 g/mol. The summed E-state index contributed by atoms with van der Waals surface area (Å²) in [5.41, 5.74) is 0. The van der Waals surface area contributed by atoms with Crippen molar-refractivity contribution < 1.29 is 19.5 Å². The number of hydrogen-bond acceptors (Lipinski definition) is 3. The molecular weight excluding hydrogens is 274 g/mol. The van der Waals surface area contributed by atoms with E-state index in [2.05, 4.69) is 5.92 Å². The van der Waals surface area contributed by atoms with Crippen molar-refractivity contribution >= 4 is 17.9 Å². The number of rotatable bonds is 4. The number of carbonyl (C=O) groups excluding carboxylic acids is 2. The number of carboxylic acids is 1. The maximum atomic E-state index is 12.3. The summed E-state index contributed by atoms with van der Waals surface area (Å²) in [6.45, 7) is 0.580. The van der Waals surface area contributed by atoms with Crippen LogP contribution in [-0.4, -0.2) is 78.0 Å².